The summed E-state index contributed by atoms with van der Waals surface area (Å²) in [5.74, 6) is 2.33. The highest BCUT2D eigenvalue weighted by Gasteiger charge is 2.19. The summed E-state index contributed by atoms with van der Waals surface area (Å²) in [6.45, 7) is 5.25. The van der Waals surface area contributed by atoms with E-state index in [9.17, 15) is 4.79 Å². The van der Waals surface area contributed by atoms with E-state index >= 15 is 0 Å². The standard InChI is InChI=1S/C26H29N3O3/c1-31-25-10-6-5-9-24(25)29-19-17-28(18-20-29)16-15-27-26(30)21-11-13-23(14-12-21)32-22-7-3-2-4-8-22/h2-14H,15-20H2,1H3,(H,27,30). The minimum atomic E-state index is -0.0658. The lowest BCUT2D eigenvalue weighted by Gasteiger charge is -2.36. The number of carbonyl (C=O) groups is 1. The first-order chi connectivity index (χ1) is 15.7. The van der Waals surface area contributed by atoms with E-state index in [1.165, 1.54) is 0 Å². The van der Waals surface area contributed by atoms with Gasteiger partial charge in [-0.15, -0.1) is 0 Å². The minimum Gasteiger partial charge on any atom is -0.495 e. The Morgan fingerprint density at radius 1 is 0.844 bits per heavy atom. The highest BCUT2D eigenvalue weighted by molar-refractivity contribution is 5.94. The van der Waals surface area contributed by atoms with Gasteiger partial charge in [0.15, 0.2) is 0 Å². The number of anilines is 1. The van der Waals surface area contributed by atoms with Crippen molar-refractivity contribution in [1.82, 2.24) is 10.2 Å². The third-order valence-corrected chi connectivity index (χ3v) is 5.61. The highest BCUT2D eigenvalue weighted by Crippen LogP contribution is 2.28. The molecule has 1 saturated heterocycles. The van der Waals surface area contributed by atoms with Crippen molar-refractivity contribution >= 4 is 11.6 Å². The first-order valence-corrected chi connectivity index (χ1v) is 10.9. The normalized spacial score (nSPS) is 14.1. The van der Waals surface area contributed by atoms with E-state index in [-0.39, 0.29) is 5.91 Å². The Bertz CT molecular complexity index is 1000. The lowest BCUT2D eigenvalue weighted by Crippen LogP contribution is -2.48. The number of hydrogen-bond donors (Lipinski definition) is 1. The van der Waals surface area contributed by atoms with Gasteiger partial charge in [0.25, 0.3) is 5.91 Å². The topological polar surface area (TPSA) is 54.0 Å². The van der Waals surface area contributed by atoms with Gasteiger partial charge < -0.3 is 19.7 Å². The minimum absolute atomic E-state index is 0.0658. The molecular formula is C26H29N3O3. The zero-order valence-corrected chi connectivity index (χ0v) is 18.4. The van der Waals surface area contributed by atoms with Crippen molar-refractivity contribution in [2.24, 2.45) is 0 Å². The molecule has 166 valence electrons. The Hall–Kier alpha value is -3.51. The fraction of sp³-hybridized carbons (Fsp3) is 0.269. The van der Waals surface area contributed by atoms with Crippen molar-refractivity contribution in [1.29, 1.82) is 0 Å². The van der Waals surface area contributed by atoms with Crippen molar-refractivity contribution in [3.63, 3.8) is 0 Å². The lowest BCUT2D eigenvalue weighted by molar-refractivity contribution is 0.0947. The van der Waals surface area contributed by atoms with Crippen LogP contribution in [-0.4, -0.2) is 57.2 Å². The summed E-state index contributed by atoms with van der Waals surface area (Å²) in [4.78, 5) is 17.2. The molecule has 0 unspecified atom stereocenters. The SMILES string of the molecule is COc1ccccc1N1CCN(CCNC(=O)c2ccc(Oc3ccccc3)cc2)CC1. The largest absolute Gasteiger partial charge is 0.495 e. The second-order valence-corrected chi connectivity index (χ2v) is 7.70. The molecule has 0 bridgehead atoms. The molecule has 0 radical (unpaired) electrons. The molecule has 0 saturated carbocycles. The number of hydrogen-bond acceptors (Lipinski definition) is 5. The number of nitrogens with zero attached hydrogens (tertiary/aromatic N) is 2. The molecule has 4 rings (SSSR count). The molecule has 1 aliphatic rings. The summed E-state index contributed by atoms with van der Waals surface area (Å²) in [5.41, 5.74) is 1.77. The van der Waals surface area contributed by atoms with Crippen molar-refractivity contribution in [2.45, 2.75) is 0 Å². The van der Waals surface area contributed by atoms with Gasteiger partial charge in [0.1, 0.15) is 17.2 Å². The predicted octanol–water partition coefficient (Wildman–Crippen LogP) is 4.04. The maximum absolute atomic E-state index is 12.5. The Morgan fingerprint density at radius 3 is 2.22 bits per heavy atom. The summed E-state index contributed by atoms with van der Waals surface area (Å²) >= 11 is 0. The van der Waals surface area contributed by atoms with Gasteiger partial charge in [-0.3, -0.25) is 9.69 Å². The fourth-order valence-corrected chi connectivity index (χ4v) is 3.83. The van der Waals surface area contributed by atoms with Crippen molar-refractivity contribution in [3.8, 4) is 17.2 Å². The number of carbonyl (C=O) groups excluding carboxylic acids is 1. The van der Waals surface area contributed by atoms with E-state index in [1.54, 1.807) is 19.2 Å². The van der Waals surface area contributed by atoms with E-state index in [0.717, 1.165) is 49.9 Å². The summed E-state index contributed by atoms with van der Waals surface area (Å²) in [5, 5.41) is 3.02. The zero-order chi connectivity index (χ0) is 22.2. The molecule has 1 fully saturated rings. The Morgan fingerprint density at radius 2 is 1.50 bits per heavy atom. The van der Waals surface area contributed by atoms with Gasteiger partial charge in [0, 0.05) is 44.8 Å². The maximum atomic E-state index is 12.5. The molecule has 1 heterocycles. The highest BCUT2D eigenvalue weighted by atomic mass is 16.5. The Kier molecular flexibility index (Phi) is 7.25. The molecule has 1 aliphatic heterocycles. The molecule has 0 spiro atoms. The van der Waals surface area contributed by atoms with Crippen molar-refractivity contribution < 1.29 is 14.3 Å². The summed E-state index contributed by atoms with van der Waals surface area (Å²) in [6.07, 6.45) is 0. The number of ether oxygens (including phenoxy) is 2. The fourth-order valence-electron chi connectivity index (χ4n) is 3.83. The third kappa shape index (κ3) is 5.59. The van der Waals surface area contributed by atoms with Gasteiger partial charge >= 0.3 is 0 Å². The van der Waals surface area contributed by atoms with Crippen LogP contribution in [0.1, 0.15) is 10.4 Å². The van der Waals surface area contributed by atoms with Crippen LogP contribution >= 0.6 is 0 Å². The smallest absolute Gasteiger partial charge is 0.251 e. The molecule has 3 aromatic rings. The average Bonchev–Trinajstić information content (AvgIpc) is 2.85. The first-order valence-electron chi connectivity index (χ1n) is 10.9. The maximum Gasteiger partial charge on any atom is 0.251 e. The third-order valence-electron chi connectivity index (χ3n) is 5.61. The van der Waals surface area contributed by atoms with Gasteiger partial charge in [-0.1, -0.05) is 30.3 Å². The molecule has 0 atom stereocenters. The monoisotopic (exact) mass is 431 g/mol. The Labute approximate surface area is 189 Å². The lowest BCUT2D eigenvalue weighted by atomic mass is 10.2. The van der Waals surface area contributed by atoms with E-state index in [4.69, 9.17) is 9.47 Å². The van der Waals surface area contributed by atoms with Crippen LogP contribution in [0.2, 0.25) is 0 Å². The molecule has 0 aliphatic carbocycles. The summed E-state index contributed by atoms with van der Waals surface area (Å²) in [6, 6.07) is 24.9. The number of rotatable bonds is 8. The number of amides is 1. The Balaban J connectivity index is 1.20. The van der Waals surface area contributed by atoms with Crippen LogP contribution in [0.4, 0.5) is 5.69 Å². The van der Waals surface area contributed by atoms with Crippen LogP contribution in [0, 0.1) is 0 Å². The molecule has 1 amide bonds. The van der Waals surface area contributed by atoms with E-state index in [1.807, 2.05) is 60.7 Å². The van der Waals surface area contributed by atoms with Gasteiger partial charge in [-0.25, -0.2) is 0 Å². The van der Waals surface area contributed by atoms with Crippen LogP contribution in [0.5, 0.6) is 17.2 Å². The molecule has 6 heteroatoms. The van der Waals surface area contributed by atoms with Crippen LogP contribution in [0.25, 0.3) is 0 Å². The van der Waals surface area contributed by atoms with Gasteiger partial charge in [-0.05, 0) is 48.5 Å². The van der Waals surface area contributed by atoms with E-state index in [2.05, 4.69) is 21.2 Å². The second-order valence-electron chi connectivity index (χ2n) is 7.70. The molecule has 32 heavy (non-hydrogen) atoms. The number of para-hydroxylation sites is 3. The second kappa shape index (κ2) is 10.7. The molecule has 6 nitrogen and oxygen atoms in total. The van der Waals surface area contributed by atoms with Crippen LogP contribution in [0.15, 0.2) is 78.9 Å². The number of nitrogens with one attached hydrogen (secondary N) is 1. The summed E-state index contributed by atoms with van der Waals surface area (Å²) < 4.78 is 11.3. The van der Waals surface area contributed by atoms with Crippen LogP contribution in [0.3, 0.4) is 0 Å². The van der Waals surface area contributed by atoms with E-state index < -0.39 is 0 Å². The quantitative estimate of drug-likeness (QED) is 0.583. The average molecular weight is 432 g/mol. The number of piperazine rings is 1. The molecule has 1 N–H and O–H groups in total. The number of methoxy groups -OCH3 is 1. The predicted molar refractivity (Wildman–Crippen MR) is 127 cm³/mol. The molecule has 3 aromatic carbocycles. The summed E-state index contributed by atoms with van der Waals surface area (Å²) in [7, 11) is 1.71. The van der Waals surface area contributed by atoms with Gasteiger partial charge in [0.05, 0.1) is 12.8 Å². The number of benzene rings is 3. The zero-order valence-electron chi connectivity index (χ0n) is 18.4. The van der Waals surface area contributed by atoms with Crippen LogP contribution < -0.4 is 19.7 Å². The van der Waals surface area contributed by atoms with Gasteiger partial charge in [-0.2, -0.15) is 0 Å². The van der Waals surface area contributed by atoms with Crippen molar-refractivity contribution in [3.05, 3.63) is 84.4 Å². The first kappa shape index (κ1) is 21.7. The molecular weight excluding hydrogens is 402 g/mol. The van der Waals surface area contributed by atoms with Crippen molar-refractivity contribution in [2.75, 3.05) is 51.3 Å². The van der Waals surface area contributed by atoms with Gasteiger partial charge in [0.2, 0.25) is 0 Å². The van der Waals surface area contributed by atoms with E-state index in [0.29, 0.717) is 17.9 Å². The molecule has 0 aromatic heterocycles. The van der Waals surface area contributed by atoms with Crippen LogP contribution in [-0.2, 0) is 0 Å².